The molecule has 6 heteroatoms. The topological polar surface area (TPSA) is 37.8 Å². The number of likely N-dealkylation sites (N-methyl/N-ethyl adjacent to an activating group) is 2. The van der Waals surface area contributed by atoms with Crippen LogP contribution in [0.4, 0.5) is 15.8 Å². The number of anilines is 2. The number of hydrogen-bond acceptors (Lipinski definition) is 5. The largest absolute Gasteiger partial charge is 0.437 e. The second-order valence-corrected chi connectivity index (χ2v) is 6.41. The maximum atomic E-state index is 15.3. The van der Waals surface area contributed by atoms with Crippen LogP contribution < -0.4 is 19.3 Å². The van der Waals surface area contributed by atoms with E-state index in [-0.39, 0.29) is 5.88 Å². The number of halogens is 1. The van der Waals surface area contributed by atoms with E-state index in [4.69, 9.17) is 9.47 Å². The van der Waals surface area contributed by atoms with Crippen LogP contribution in [0.25, 0.3) is 0 Å². The van der Waals surface area contributed by atoms with Crippen molar-refractivity contribution in [3.63, 3.8) is 0 Å². The standard InChI is InChI=1S/C21H20FN3O2/c1-24-13-14-25(2)19-18(24)17(22)20(26-15-9-5-3-6-10-15)23-21(19)27-16-11-7-4-8-12-16/h3-12H,13-14H2,1-2H3. The predicted octanol–water partition coefficient (Wildman–Crippen LogP) is 4.69. The molecule has 2 aromatic carbocycles. The predicted molar refractivity (Wildman–Crippen MR) is 104 cm³/mol. The van der Waals surface area contributed by atoms with Gasteiger partial charge >= 0.3 is 0 Å². The fourth-order valence-corrected chi connectivity index (χ4v) is 3.06. The van der Waals surface area contributed by atoms with Crippen LogP contribution in [0.2, 0.25) is 0 Å². The molecule has 1 aliphatic rings. The van der Waals surface area contributed by atoms with Gasteiger partial charge in [-0.3, -0.25) is 0 Å². The first-order chi connectivity index (χ1) is 13.1. The Morgan fingerprint density at radius 3 is 1.78 bits per heavy atom. The molecular weight excluding hydrogens is 345 g/mol. The van der Waals surface area contributed by atoms with Gasteiger partial charge in [-0.1, -0.05) is 36.4 Å². The lowest BCUT2D eigenvalue weighted by Gasteiger charge is -2.35. The van der Waals surface area contributed by atoms with E-state index >= 15 is 4.39 Å². The quantitative estimate of drug-likeness (QED) is 0.670. The average molecular weight is 365 g/mol. The van der Waals surface area contributed by atoms with Crippen LogP contribution in [0, 0.1) is 5.82 Å². The molecule has 2 heterocycles. The van der Waals surface area contributed by atoms with Crippen molar-refractivity contribution in [3.8, 4) is 23.3 Å². The van der Waals surface area contributed by atoms with Gasteiger partial charge in [0.2, 0.25) is 11.7 Å². The molecule has 1 aliphatic heterocycles. The molecule has 27 heavy (non-hydrogen) atoms. The molecule has 5 nitrogen and oxygen atoms in total. The minimum Gasteiger partial charge on any atom is -0.437 e. The fourth-order valence-electron chi connectivity index (χ4n) is 3.06. The highest BCUT2D eigenvalue weighted by Crippen LogP contribution is 2.45. The number of fused-ring (bicyclic) bond motifs is 1. The summed E-state index contributed by atoms with van der Waals surface area (Å²) in [6.45, 7) is 1.44. The number of ether oxygens (including phenoxy) is 2. The average Bonchev–Trinajstić information content (AvgIpc) is 2.69. The van der Waals surface area contributed by atoms with E-state index in [9.17, 15) is 0 Å². The fraction of sp³-hybridized carbons (Fsp3) is 0.190. The lowest BCUT2D eigenvalue weighted by Crippen LogP contribution is -2.38. The van der Waals surface area contributed by atoms with E-state index < -0.39 is 5.82 Å². The molecule has 0 aliphatic carbocycles. The van der Waals surface area contributed by atoms with Crippen molar-refractivity contribution >= 4 is 11.4 Å². The molecule has 3 aromatic rings. The molecule has 0 spiro atoms. The highest BCUT2D eigenvalue weighted by Gasteiger charge is 2.30. The van der Waals surface area contributed by atoms with Crippen LogP contribution in [0.5, 0.6) is 23.3 Å². The van der Waals surface area contributed by atoms with Gasteiger partial charge < -0.3 is 19.3 Å². The first-order valence-electron chi connectivity index (χ1n) is 8.75. The van der Waals surface area contributed by atoms with Crippen molar-refractivity contribution in [2.45, 2.75) is 0 Å². The zero-order valence-corrected chi connectivity index (χ0v) is 15.2. The highest BCUT2D eigenvalue weighted by atomic mass is 19.1. The molecule has 0 unspecified atom stereocenters. The third kappa shape index (κ3) is 3.38. The Kier molecular flexibility index (Phi) is 4.54. The highest BCUT2D eigenvalue weighted by molar-refractivity contribution is 5.79. The van der Waals surface area contributed by atoms with Crippen LogP contribution in [-0.4, -0.2) is 32.2 Å². The maximum Gasteiger partial charge on any atom is 0.261 e. The van der Waals surface area contributed by atoms with Crippen LogP contribution in [0.3, 0.4) is 0 Å². The van der Waals surface area contributed by atoms with Gasteiger partial charge in [-0.2, -0.15) is 9.37 Å². The summed E-state index contributed by atoms with van der Waals surface area (Å²) in [5, 5.41) is 0. The number of rotatable bonds is 4. The van der Waals surface area contributed by atoms with Gasteiger partial charge in [0, 0.05) is 27.2 Å². The number of nitrogens with zero attached hydrogens (tertiary/aromatic N) is 3. The molecule has 138 valence electrons. The van der Waals surface area contributed by atoms with E-state index in [0.717, 1.165) is 6.54 Å². The zero-order valence-electron chi connectivity index (χ0n) is 15.2. The van der Waals surface area contributed by atoms with E-state index in [1.807, 2.05) is 72.4 Å². The summed E-state index contributed by atoms with van der Waals surface area (Å²) >= 11 is 0. The van der Waals surface area contributed by atoms with Gasteiger partial charge in [-0.15, -0.1) is 0 Å². The Labute approximate surface area is 157 Å². The molecule has 0 saturated heterocycles. The summed E-state index contributed by atoms with van der Waals surface area (Å²) in [5.74, 6) is 0.862. The second kappa shape index (κ2) is 7.15. The molecule has 4 rings (SSSR count). The summed E-state index contributed by atoms with van der Waals surface area (Å²) < 4.78 is 27.0. The number of benzene rings is 2. The van der Waals surface area contributed by atoms with Crippen LogP contribution >= 0.6 is 0 Å². The Morgan fingerprint density at radius 2 is 1.22 bits per heavy atom. The SMILES string of the molecule is CN1CCN(C)c2c(F)c(Oc3ccccc3)nc(Oc3ccccc3)c21. The van der Waals surface area contributed by atoms with Gasteiger partial charge in [0.1, 0.15) is 22.9 Å². The van der Waals surface area contributed by atoms with E-state index in [1.165, 1.54) is 0 Å². The molecule has 0 saturated carbocycles. The number of hydrogen-bond donors (Lipinski definition) is 0. The Balaban J connectivity index is 1.83. The van der Waals surface area contributed by atoms with E-state index in [0.29, 0.717) is 35.3 Å². The minimum atomic E-state index is -0.497. The van der Waals surface area contributed by atoms with Crippen LogP contribution in [-0.2, 0) is 0 Å². The molecule has 0 radical (unpaired) electrons. The first-order valence-corrected chi connectivity index (χ1v) is 8.75. The third-order valence-electron chi connectivity index (χ3n) is 4.48. The Bertz CT molecular complexity index is 935. The van der Waals surface area contributed by atoms with Crippen molar-refractivity contribution in [1.29, 1.82) is 0 Å². The second-order valence-electron chi connectivity index (χ2n) is 6.41. The molecule has 0 fully saturated rings. The van der Waals surface area contributed by atoms with Crippen molar-refractivity contribution in [1.82, 2.24) is 4.98 Å². The van der Waals surface area contributed by atoms with Gasteiger partial charge in [-0.25, -0.2) is 0 Å². The smallest absolute Gasteiger partial charge is 0.261 e. The van der Waals surface area contributed by atoms with Gasteiger partial charge in [0.25, 0.3) is 5.88 Å². The monoisotopic (exact) mass is 365 g/mol. The lowest BCUT2D eigenvalue weighted by molar-refractivity contribution is 0.398. The molecule has 0 N–H and O–H groups in total. The molecule has 0 bridgehead atoms. The summed E-state index contributed by atoms with van der Waals surface area (Å²) in [4.78, 5) is 8.19. The van der Waals surface area contributed by atoms with Gasteiger partial charge in [-0.05, 0) is 24.3 Å². The van der Waals surface area contributed by atoms with Gasteiger partial charge in [0.05, 0.1) is 0 Å². The normalized spacial score (nSPS) is 13.3. The summed E-state index contributed by atoms with van der Waals surface area (Å²) in [6, 6.07) is 18.4. The van der Waals surface area contributed by atoms with Crippen molar-refractivity contribution < 1.29 is 13.9 Å². The third-order valence-corrected chi connectivity index (χ3v) is 4.48. The summed E-state index contributed by atoms with van der Waals surface area (Å²) in [5.41, 5.74) is 1.04. The Hall–Kier alpha value is -3.28. The zero-order chi connectivity index (χ0) is 18.8. The number of pyridine rings is 1. The maximum absolute atomic E-state index is 15.3. The first kappa shape index (κ1) is 17.1. The van der Waals surface area contributed by atoms with E-state index in [2.05, 4.69) is 4.98 Å². The van der Waals surface area contributed by atoms with Crippen molar-refractivity contribution in [2.24, 2.45) is 0 Å². The Morgan fingerprint density at radius 1 is 0.741 bits per heavy atom. The number of aromatic nitrogens is 1. The summed E-state index contributed by atoms with van der Waals surface area (Å²) in [6.07, 6.45) is 0. The molecule has 0 amide bonds. The minimum absolute atomic E-state index is 0.104. The molecule has 0 atom stereocenters. The molecule has 1 aromatic heterocycles. The number of para-hydroxylation sites is 2. The van der Waals surface area contributed by atoms with Gasteiger partial charge in [0.15, 0.2) is 0 Å². The molecular formula is C21H20FN3O2. The van der Waals surface area contributed by atoms with Crippen LogP contribution in [0.15, 0.2) is 60.7 Å². The lowest BCUT2D eigenvalue weighted by atomic mass is 10.2. The van der Waals surface area contributed by atoms with E-state index in [1.54, 1.807) is 12.1 Å². The van der Waals surface area contributed by atoms with Crippen LogP contribution in [0.1, 0.15) is 0 Å². The van der Waals surface area contributed by atoms with Crippen molar-refractivity contribution in [2.75, 3.05) is 37.0 Å². The summed E-state index contributed by atoms with van der Waals surface area (Å²) in [7, 11) is 3.76. The van der Waals surface area contributed by atoms with Crippen molar-refractivity contribution in [3.05, 3.63) is 66.5 Å².